The minimum Gasteiger partial charge on any atom is -0.493 e. The van der Waals surface area contributed by atoms with E-state index in [2.05, 4.69) is 15.5 Å². The molecule has 7 heteroatoms. The van der Waals surface area contributed by atoms with Gasteiger partial charge in [0.05, 0.1) is 26.5 Å². The third kappa shape index (κ3) is 3.71. The average molecular weight is 343 g/mol. The van der Waals surface area contributed by atoms with E-state index < -0.39 is 0 Å². The lowest BCUT2D eigenvalue weighted by Gasteiger charge is -2.07. The molecule has 2 aromatic carbocycles. The van der Waals surface area contributed by atoms with Crippen molar-refractivity contribution in [3.8, 4) is 22.9 Å². The van der Waals surface area contributed by atoms with E-state index in [9.17, 15) is 4.39 Å². The number of hydrogen-bond acceptors (Lipinski definition) is 6. The van der Waals surface area contributed by atoms with Crippen molar-refractivity contribution >= 4 is 5.69 Å². The van der Waals surface area contributed by atoms with Crippen LogP contribution in [0, 0.1) is 12.7 Å². The topological polar surface area (TPSA) is 69.4 Å². The lowest BCUT2D eigenvalue weighted by Crippen LogP contribution is -2.02. The molecule has 1 heterocycles. The van der Waals surface area contributed by atoms with Crippen molar-refractivity contribution in [1.29, 1.82) is 0 Å². The number of methoxy groups -OCH3 is 2. The van der Waals surface area contributed by atoms with Gasteiger partial charge in [0.1, 0.15) is 5.82 Å². The van der Waals surface area contributed by atoms with Gasteiger partial charge in [-0.3, -0.25) is 0 Å². The number of halogens is 1. The molecule has 1 aromatic heterocycles. The fourth-order valence-electron chi connectivity index (χ4n) is 2.35. The Morgan fingerprint density at radius 2 is 1.88 bits per heavy atom. The molecule has 6 nitrogen and oxygen atoms in total. The lowest BCUT2D eigenvalue weighted by atomic mass is 10.2. The molecule has 0 aliphatic carbocycles. The van der Waals surface area contributed by atoms with Crippen LogP contribution in [0.25, 0.3) is 11.4 Å². The smallest absolute Gasteiger partial charge is 0.246 e. The number of anilines is 1. The fraction of sp³-hybridized carbons (Fsp3) is 0.222. The quantitative estimate of drug-likeness (QED) is 0.734. The van der Waals surface area contributed by atoms with Crippen LogP contribution in [0.1, 0.15) is 11.5 Å². The van der Waals surface area contributed by atoms with Crippen LogP contribution in [0.3, 0.4) is 0 Å². The normalized spacial score (nSPS) is 10.6. The number of rotatable bonds is 6. The second-order valence-electron chi connectivity index (χ2n) is 5.42. The molecule has 0 aliphatic heterocycles. The zero-order chi connectivity index (χ0) is 17.8. The molecule has 0 unspecified atom stereocenters. The van der Waals surface area contributed by atoms with Crippen LogP contribution in [0.15, 0.2) is 40.9 Å². The average Bonchev–Trinajstić information content (AvgIpc) is 3.09. The molecular weight excluding hydrogens is 325 g/mol. The van der Waals surface area contributed by atoms with Gasteiger partial charge in [0.2, 0.25) is 11.7 Å². The molecule has 0 fully saturated rings. The summed E-state index contributed by atoms with van der Waals surface area (Å²) in [4.78, 5) is 4.31. The van der Waals surface area contributed by atoms with Crippen LogP contribution >= 0.6 is 0 Å². The number of nitrogens with zero attached hydrogens (tertiary/aromatic N) is 2. The standard InChI is InChI=1S/C18H18FN3O3/c1-11-4-6-14(13(19)8-11)20-10-17-21-18(22-25-17)12-5-7-15(23-2)16(9-12)24-3/h4-9,20H,10H2,1-3H3. The van der Waals surface area contributed by atoms with Crippen molar-refractivity contribution in [1.82, 2.24) is 10.1 Å². The first-order valence-electron chi connectivity index (χ1n) is 7.65. The molecule has 0 saturated carbocycles. The van der Waals surface area contributed by atoms with Crippen molar-refractivity contribution in [2.75, 3.05) is 19.5 Å². The van der Waals surface area contributed by atoms with Gasteiger partial charge in [-0.15, -0.1) is 0 Å². The number of hydrogen-bond donors (Lipinski definition) is 1. The zero-order valence-corrected chi connectivity index (χ0v) is 14.2. The number of ether oxygens (including phenoxy) is 2. The van der Waals surface area contributed by atoms with E-state index in [0.717, 1.165) is 11.1 Å². The highest BCUT2D eigenvalue weighted by molar-refractivity contribution is 5.60. The summed E-state index contributed by atoms with van der Waals surface area (Å²) in [5.41, 5.74) is 1.97. The van der Waals surface area contributed by atoms with Crippen LogP contribution in [-0.2, 0) is 6.54 Å². The van der Waals surface area contributed by atoms with Gasteiger partial charge in [0, 0.05) is 5.56 Å². The summed E-state index contributed by atoms with van der Waals surface area (Å²) in [5.74, 6) is 1.64. The third-order valence-corrected chi connectivity index (χ3v) is 3.66. The summed E-state index contributed by atoms with van der Waals surface area (Å²) < 4.78 is 29.5. The molecule has 0 amide bonds. The first-order chi connectivity index (χ1) is 12.1. The molecule has 0 aliphatic rings. The SMILES string of the molecule is COc1ccc(-c2noc(CNc3ccc(C)cc3F)n2)cc1OC. The van der Waals surface area contributed by atoms with Gasteiger partial charge in [-0.25, -0.2) is 4.39 Å². The predicted molar refractivity (Wildman–Crippen MR) is 91.3 cm³/mol. The first-order valence-corrected chi connectivity index (χ1v) is 7.65. The maximum absolute atomic E-state index is 13.8. The second-order valence-corrected chi connectivity index (χ2v) is 5.42. The summed E-state index contributed by atoms with van der Waals surface area (Å²) in [6.45, 7) is 2.06. The van der Waals surface area contributed by atoms with Crippen molar-refractivity contribution < 1.29 is 18.4 Å². The minimum absolute atomic E-state index is 0.222. The Bertz CT molecular complexity index is 880. The maximum atomic E-state index is 13.8. The fourth-order valence-corrected chi connectivity index (χ4v) is 2.35. The van der Waals surface area contributed by atoms with E-state index >= 15 is 0 Å². The summed E-state index contributed by atoms with van der Waals surface area (Å²) in [5, 5.41) is 6.90. The third-order valence-electron chi connectivity index (χ3n) is 3.66. The summed E-state index contributed by atoms with van der Waals surface area (Å²) >= 11 is 0. The van der Waals surface area contributed by atoms with Crippen molar-refractivity contribution in [3.63, 3.8) is 0 Å². The van der Waals surface area contributed by atoms with Crippen LogP contribution in [0.4, 0.5) is 10.1 Å². The van der Waals surface area contributed by atoms with Gasteiger partial charge in [-0.05, 0) is 42.8 Å². The van der Waals surface area contributed by atoms with Crippen LogP contribution < -0.4 is 14.8 Å². The summed E-state index contributed by atoms with van der Waals surface area (Å²) in [7, 11) is 3.13. The van der Waals surface area contributed by atoms with Gasteiger partial charge in [0.15, 0.2) is 11.5 Å². The molecule has 1 N–H and O–H groups in total. The Morgan fingerprint density at radius 1 is 1.08 bits per heavy atom. The summed E-state index contributed by atoms with van der Waals surface area (Å²) in [6.07, 6.45) is 0. The van der Waals surface area contributed by atoms with Crippen molar-refractivity contribution in [2.45, 2.75) is 13.5 Å². The highest BCUT2D eigenvalue weighted by Crippen LogP contribution is 2.31. The largest absolute Gasteiger partial charge is 0.493 e. The van der Waals surface area contributed by atoms with E-state index in [1.54, 1.807) is 32.4 Å². The van der Waals surface area contributed by atoms with Gasteiger partial charge >= 0.3 is 0 Å². The highest BCUT2D eigenvalue weighted by atomic mass is 19.1. The zero-order valence-electron chi connectivity index (χ0n) is 14.2. The maximum Gasteiger partial charge on any atom is 0.246 e. The molecule has 3 aromatic rings. The number of aromatic nitrogens is 2. The van der Waals surface area contributed by atoms with Crippen LogP contribution in [0.5, 0.6) is 11.5 Å². The Labute approximate surface area is 144 Å². The van der Waals surface area contributed by atoms with Gasteiger partial charge in [-0.2, -0.15) is 4.98 Å². The van der Waals surface area contributed by atoms with Gasteiger partial charge in [-0.1, -0.05) is 11.2 Å². The van der Waals surface area contributed by atoms with Crippen LogP contribution in [0.2, 0.25) is 0 Å². The molecule has 0 spiro atoms. The van der Waals surface area contributed by atoms with E-state index in [1.807, 2.05) is 19.1 Å². The highest BCUT2D eigenvalue weighted by Gasteiger charge is 2.12. The molecule has 3 rings (SSSR count). The van der Waals surface area contributed by atoms with E-state index in [1.165, 1.54) is 6.07 Å². The molecular formula is C18H18FN3O3. The number of nitrogens with one attached hydrogen (secondary N) is 1. The molecule has 25 heavy (non-hydrogen) atoms. The first kappa shape index (κ1) is 16.8. The molecule has 0 atom stereocenters. The van der Waals surface area contributed by atoms with E-state index in [0.29, 0.717) is 28.9 Å². The Morgan fingerprint density at radius 3 is 2.60 bits per heavy atom. The Kier molecular flexibility index (Phi) is 4.83. The molecule has 130 valence electrons. The monoisotopic (exact) mass is 343 g/mol. The van der Waals surface area contributed by atoms with Crippen molar-refractivity contribution in [3.05, 3.63) is 53.7 Å². The Balaban J connectivity index is 1.74. The van der Waals surface area contributed by atoms with Crippen molar-refractivity contribution in [2.24, 2.45) is 0 Å². The van der Waals surface area contributed by atoms with E-state index in [-0.39, 0.29) is 12.4 Å². The number of aryl methyl sites for hydroxylation is 1. The summed E-state index contributed by atoms with van der Waals surface area (Å²) in [6, 6.07) is 10.3. The van der Waals surface area contributed by atoms with E-state index in [4.69, 9.17) is 14.0 Å². The molecule has 0 bridgehead atoms. The molecule has 0 radical (unpaired) electrons. The Hall–Kier alpha value is -3.09. The molecule has 0 saturated heterocycles. The predicted octanol–water partition coefficient (Wildman–Crippen LogP) is 3.81. The van der Waals surface area contributed by atoms with Gasteiger partial charge in [0.25, 0.3) is 0 Å². The van der Waals surface area contributed by atoms with Gasteiger partial charge < -0.3 is 19.3 Å². The second kappa shape index (κ2) is 7.21. The number of benzene rings is 2. The minimum atomic E-state index is -0.320. The van der Waals surface area contributed by atoms with Crippen LogP contribution in [-0.4, -0.2) is 24.4 Å². The lowest BCUT2D eigenvalue weighted by molar-refractivity contribution is 0.355.